The van der Waals surface area contributed by atoms with E-state index in [2.05, 4.69) is 10.2 Å². The summed E-state index contributed by atoms with van der Waals surface area (Å²) < 4.78 is 8.87. The first-order valence-corrected chi connectivity index (χ1v) is 8.55. The van der Waals surface area contributed by atoms with E-state index in [9.17, 15) is 4.79 Å². The van der Waals surface area contributed by atoms with Crippen LogP contribution in [-0.2, 0) is 17.9 Å². The third-order valence-corrected chi connectivity index (χ3v) is 4.14. The summed E-state index contributed by atoms with van der Waals surface area (Å²) in [6, 6.07) is 9.58. The number of aromatic nitrogens is 4. The molecule has 136 valence electrons. The number of benzene rings is 1. The Morgan fingerprint density at radius 3 is 2.92 bits per heavy atom. The zero-order valence-corrected chi connectivity index (χ0v) is 15.1. The Bertz CT molecular complexity index is 841. The molecule has 0 aliphatic rings. The fourth-order valence-corrected chi connectivity index (χ4v) is 2.71. The van der Waals surface area contributed by atoms with Crippen LogP contribution in [0.15, 0.2) is 55.1 Å². The van der Waals surface area contributed by atoms with Gasteiger partial charge in [-0.1, -0.05) is 6.07 Å². The van der Waals surface area contributed by atoms with E-state index < -0.39 is 0 Å². The molecule has 7 nitrogen and oxygen atoms in total. The quantitative estimate of drug-likeness (QED) is 0.624. The molecule has 0 fully saturated rings. The molecule has 2 heterocycles. The molecule has 0 saturated carbocycles. The minimum absolute atomic E-state index is 0.117. The van der Waals surface area contributed by atoms with Crippen LogP contribution in [0, 0.1) is 0 Å². The summed E-state index contributed by atoms with van der Waals surface area (Å²) in [7, 11) is 3.46. The van der Waals surface area contributed by atoms with Gasteiger partial charge in [0, 0.05) is 56.8 Å². The molecule has 1 amide bonds. The zero-order chi connectivity index (χ0) is 18.4. The van der Waals surface area contributed by atoms with Gasteiger partial charge in [0.15, 0.2) is 0 Å². The maximum Gasteiger partial charge on any atom is 0.222 e. The van der Waals surface area contributed by atoms with Crippen molar-refractivity contribution in [1.29, 1.82) is 0 Å². The number of carbonyl (C=O) groups is 1. The molecule has 1 aromatic carbocycles. The van der Waals surface area contributed by atoms with Crippen molar-refractivity contribution >= 4 is 5.91 Å². The SMILES string of the molecule is COc1cccc(-n2cc(CN(C)C(=O)CCCn3cccn3)cn2)c1. The number of ether oxygens (including phenoxy) is 1. The van der Waals surface area contributed by atoms with Crippen molar-refractivity contribution in [1.82, 2.24) is 24.5 Å². The van der Waals surface area contributed by atoms with Crippen LogP contribution in [-0.4, -0.2) is 44.5 Å². The monoisotopic (exact) mass is 353 g/mol. The minimum Gasteiger partial charge on any atom is -0.497 e. The van der Waals surface area contributed by atoms with Gasteiger partial charge in [-0.15, -0.1) is 0 Å². The summed E-state index contributed by atoms with van der Waals surface area (Å²) in [4.78, 5) is 14.0. The summed E-state index contributed by atoms with van der Waals surface area (Å²) in [5.41, 5.74) is 1.90. The van der Waals surface area contributed by atoms with Crippen LogP contribution in [0.3, 0.4) is 0 Å². The van der Waals surface area contributed by atoms with Crippen LogP contribution in [0.5, 0.6) is 5.75 Å². The first-order chi connectivity index (χ1) is 12.7. The van der Waals surface area contributed by atoms with Crippen molar-refractivity contribution in [3.05, 3.63) is 60.7 Å². The molecule has 0 unspecified atom stereocenters. The van der Waals surface area contributed by atoms with Gasteiger partial charge < -0.3 is 9.64 Å². The molecule has 26 heavy (non-hydrogen) atoms. The van der Waals surface area contributed by atoms with E-state index in [1.54, 1.807) is 29.1 Å². The smallest absolute Gasteiger partial charge is 0.222 e. The van der Waals surface area contributed by atoms with E-state index in [1.807, 2.05) is 54.5 Å². The maximum absolute atomic E-state index is 12.3. The number of hydrogen-bond donors (Lipinski definition) is 0. The molecule has 3 rings (SSSR count). The number of carbonyl (C=O) groups excluding carboxylic acids is 1. The second-order valence-corrected chi connectivity index (χ2v) is 6.12. The first-order valence-electron chi connectivity index (χ1n) is 8.55. The van der Waals surface area contributed by atoms with Crippen molar-refractivity contribution in [3.8, 4) is 11.4 Å². The second kappa shape index (κ2) is 8.33. The molecule has 2 aromatic heterocycles. The lowest BCUT2D eigenvalue weighted by Gasteiger charge is -2.16. The lowest BCUT2D eigenvalue weighted by atomic mass is 10.2. The van der Waals surface area contributed by atoms with Gasteiger partial charge in [-0.3, -0.25) is 9.48 Å². The van der Waals surface area contributed by atoms with E-state index in [-0.39, 0.29) is 5.91 Å². The lowest BCUT2D eigenvalue weighted by molar-refractivity contribution is -0.130. The average molecular weight is 353 g/mol. The van der Waals surface area contributed by atoms with Gasteiger partial charge in [-0.25, -0.2) is 4.68 Å². The van der Waals surface area contributed by atoms with Crippen LogP contribution in [0.2, 0.25) is 0 Å². The van der Waals surface area contributed by atoms with Gasteiger partial charge in [0.05, 0.1) is 19.0 Å². The third kappa shape index (κ3) is 4.50. The van der Waals surface area contributed by atoms with Crippen molar-refractivity contribution in [2.75, 3.05) is 14.2 Å². The van der Waals surface area contributed by atoms with E-state index in [0.29, 0.717) is 13.0 Å². The Labute approximate surface area is 152 Å². The molecule has 0 radical (unpaired) electrons. The van der Waals surface area contributed by atoms with Gasteiger partial charge in [0.2, 0.25) is 5.91 Å². The predicted octanol–water partition coefficient (Wildman–Crippen LogP) is 2.52. The predicted molar refractivity (Wildman–Crippen MR) is 98.1 cm³/mol. The standard InChI is InChI=1S/C19H23N5O2/c1-22(19(25)8-4-10-23-11-5-9-20-23)14-16-13-21-24(15-16)17-6-3-7-18(12-17)26-2/h3,5-7,9,11-13,15H,4,8,10,14H2,1-2H3. The zero-order valence-electron chi connectivity index (χ0n) is 15.1. The topological polar surface area (TPSA) is 65.2 Å². The molecule has 7 heteroatoms. The van der Waals surface area contributed by atoms with Gasteiger partial charge in [0.25, 0.3) is 0 Å². The highest BCUT2D eigenvalue weighted by molar-refractivity contribution is 5.75. The van der Waals surface area contributed by atoms with Gasteiger partial charge in [-0.05, 0) is 24.6 Å². The van der Waals surface area contributed by atoms with Crippen LogP contribution < -0.4 is 4.74 Å². The molecular weight excluding hydrogens is 330 g/mol. The van der Waals surface area contributed by atoms with E-state index in [1.165, 1.54) is 0 Å². The Hall–Kier alpha value is -3.09. The Kier molecular flexibility index (Phi) is 5.68. The Balaban J connectivity index is 1.53. The molecule has 0 saturated heterocycles. The van der Waals surface area contributed by atoms with Crippen LogP contribution in [0.4, 0.5) is 0 Å². The summed E-state index contributed by atoms with van der Waals surface area (Å²) in [5, 5.41) is 8.52. The normalized spacial score (nSPS) is 10.7. The highest BCUT2D eigenvalue weighted by Crippen LogP contribution is 2.16. The fraction of sp³-hybridized carbons (Fsp3) is 0.316. The van der Waals surface area contributed by atoms with E-state index >= 15 is 0 Å². The van der Waals surface area contributed by atoms with E-state index in [4.69, 9.17) is 4.74 Å². The average Bonchev–Trinajstić information content (AvgIpc) is 3.33. The highest BCUT2D eigenvalue weighted by Gasteiger charge is 2.11. The van der Waals surface area contributed by atoms with Gasteiger partial charge in [-0.2, -0.15) is 10.2 Å². The molecule has 0 spiro atoms. The van der Waals surface area contributed by atoms with Crippen LogP contribution >= 0.6 is 0 Å². The number of aryl methyl sites for hydroxylation is 1. The van der Waals surface area contributed by atoms with Crippen molar-refractivity contribution in [2.45, 2.75) is 25.9 Å². The number of hydrogen-bond acceptors (Lipinski definition) is 4. The van der Waals surface area contributed by atoms with Crippen LogP contribution in [0.1, 0.15) is 18.4 Å². The molecule has 0 N–H and O–H groups in total. The van der Waals surface area contributed by atoms with Crippen molar-refractivity contribution in [3.63, 3.8) is 0 Å². The number of methoxy groups -OCH3 is 1. The molecular formula is C19H23N5O2. The largest absolute Gasteiger partial charge is 0.497 e. The van der Waals surface area contributed by atoms with Gasteiger partial charge >= 0.3 is 0 Å². The summed E-state index contributed by atoms with van der Waals surface area (Å²) in [5.74, 6) is 0.898. The first kappa shape index (κ1) is 17.7. The van der Waals surface area contributed by atoms with Gasteiger partial charge in [0.1, 0.15) is 5.75 Å². The second-order valence-electron chi connectivity index (χ2n) is 6.12. The van der Waals surface area contributed by atoms with Crippen molar-refractivity contribution in [2.24, 2.45) is 0 Å². The third-order valence-electron chi connectivity index (χ3n) is 4.14. The lowest BCUT2D eigenvalue weighted by Crippen LogP contribution is -2.26. The molecule has 0 bridgehead atoms. The summed E-state index contributed by atoms with van der Waals surface area (Å²) in [6.07, 6.45) is 8.64. The summed E-state index contributed by atoms with van der Waals surface area (Å²) >= 11 is 0. The number of amides is 1. The Morgan fingerprint density at radius 2 is 2.15 bits per heavy atom. The summed E-state index contributed by atoms with van der Waals surface area (Å²) in [6.45, 7) is 1.28. The number of rotatable bonds is 8. The Morgan fingerprint density at radius 1 is 1.27 bits per heavy atom. The van der Waals surface area contributed by atoms with E-state index in [0.717, 1.165) is 30.0 Å². The molecule has 0 aliphatic heterocycles. The molecule has 0 aliphatic carbocycles. The molecule has 3 aromatic rings. The maximum atomic E-state index is 12.3. The van der Waals surface area contributed by atoms with Crippen molar-refractivity contribution < 1.29 is 9.53 Å². The fourth-order valence-electron chi connectivity index (χ4n) is 2.71. The van der Waals surface area contributed by atoms with Crippen LogP contribution in [0.25, 0.3) is 5.69 Å². The molecule has 0 atom stereocenters. The number of nitrogens with zero attached hydrogens (tertiary/aromatic N) is 5. The minimum atomic E-state index is 0.117. The highest BCUT2D eigenvalue weighted by atomic mass is 16.5.